The number of carbonyl (C=O) groups excluding carboxylic acids is 3. The van der Waals surface area contributed by atoms with E-state index in [0.29, 0.717) is 30.1 Å². The number of imide groups is 2. The van der Waals surface area contributed by atoms with Crippen LogP contribution < -0.4 is 14.8 Å². The lowest BCUT2D eigenvalue weighted by Crippen LogP contribution is -2.57. The van der Waals surface area contributed by atoms with Crippen LogP contribution in [0.15, 0.2) is 54.6 Å². The van der Waals surface area contributed by atoms with Crippen molar-refractivity contribution in [2.75, 3.05) is 7.11 Å². The zero-order valence-electron chi connectivity index (χ0n) is 20.1. The number of ether oxygens (including phenoxy) is 2. The number of aryl methyl sites for hydroxylation is 1. The maximum Gasteiger partial charge on any atom is 0.331 e. The van der Waals surface area contributed by atoms with Gasteiger partial charge in [0.2, 0.25) is 0 Å². The second kappa shape index (κ2) is 10.6. The minimum atomic E-state index is -0.696. The first-order chi connectivity index (χ1) is 16.9. The monoisotopic (exact) mass is 474 g/mol. The van der Waals surface area contributed by atoms with Gasteiger partial charge in [0.15, 0.2) is 11.5 Å². The standard InChI is InChI=1S/C28H30N2O5/c1-4-8-21-14-20(16-24(34-3)25(21)35-17-19-10-7-9-18(2)13-19)15-23-26(31)29-28(33)30(27(23)32)22-11-5-6-12-22/h4,7,9-10,13-16,22H,1,5-6,8,11-12,17H2,2-3H3,(H,29,31,33)/b23-15+. The molecule has 0 spiro atoms. The highest BCUT2D eigenvalue weighted by molar-refractivity contribution is 6.31. The molecule has 2 aromatic rings. The fraction of sp³-hybridized carbons (Fsp3) is 0.321. The Morgan fingerprint density at radius 2 is 1.91 bits per heavy atom. The Morgan fingerprint density at radius 1 is 1.14 bits per heavy atom. The first kappa shape index (κ1) is 24.3. The van der Waals surface area contributed by atoms with E-state index in [2.05, 4.69) is 18.0 Å². The molecule has 0 unspecified atom stereocenters. The van der Waals surface area contributed by atoms with E-state index in [9.17, 15) is 14.4 Å². The van der Waals surface area contributed by atoms with Gasteiger partial charge in [0.25, 0.3) is 11.8 Å². The minimum absolute atomic E-state index is 0.0727. The van der Waals surface area contributed by atoms with Crippen molar-refractivity contribution in [3.8, 4) is 11.5 Å². The topological polar surface area (TPSA) is 84.9 Å². The Bertz CT molecular complexity index is 1190. The molecule has 182 valence electrons. The summed E-state index contributed by atoms with van der Waals surface area (Å²) in [4.78, 5) is 39.3. The molecule has 0 aromatic heterocycles. The highest BCUT2D eigenvalue weighted by Crippen LogP contribution is 2.35. The number of amides is 4. The summed E-state index contributed by atoms with van der Waals surface area (Å²) in [5.74, 6) is -0.192. The normalized spacial score (nSPS) is 17.6. The Kier molecular flexibility index (Phi) is 7.34. The van der Waals surface area contributed by atoms with Crippen molar-refractivity contribution in [2.45, 2.75) is 51.7 Å². The largest absolute Gasteiger partial charge is 0.493 e. The van der Waals surface area contributed by atoms with Gasteiger partial charge in [-0.3, -0.25) is 19.8 Å². The summed E-state index contributed by atoms with van der Waals surface area (Å²) in [6.07, 6.45) is 7.19. The number of barbiturate groups is 1. The predicted molar refractivity (Wildman–Crippen MR) is 133 cm³/mol. The SMILES string of the molecule is C=CCc1cc(/C=C2\C(=O)NC(=O)N(C3CCCC3)C2=O)cc(OC)c1OCc1cccc(C)c1. The summed E-state index contributed by atoms with van der Waals surface area (Å²) in [5.41, 5.74) is 3.51. The molecular formula is C28H30N2O5. The van der Waals surface area contributed by atoms with Crippen LogP contribution in [0.4, 0.5) is 4.79 Å². The highest BCUT2D eigenvalue weighted by atomic mass is 16.5. The van der Waals surface area contributed by atoms with E-state index in [1.165, 1.54) is 11.0 Å². The maximum absolute atomic E-state index is 13.2. The third kappa shape index (κ3) is 5.29. The highest BCUT2D eigenvalue weighted by Gasteiger charge is 2.40. The van der Waals surface area contributed by atoms with E-state index in [4.69, 9.17) is 9.47 Å². The first-order valence-corrected chi connectivity index (χ1v) is 11.8. The first-order valence-electron chi connectivity index (χ1n) is 11.8. The smallest absolute Gasteiger partial charge is 0.331 e. The molecule has 7 heteroatoms. The molecule has 4 amide bonds. The molecular weight excluding hydrogens is 444 g/mol. The molecule has 2 aromatic carbocycles. The number of nitrogens with one attached hydrogen (secondary N) is 1. The number of methoxy groups -OCH3 is 1. The fourth-order valence-electron chi connectivity index (χ4n) is 4.68. The van der Waals surface area contributed by atoms with Crippen LogP contribution in [0.5, 0.6) is 11.5 Å². The summed E-state index contributed by atoms with van der Waals surface area (Å²) in [6, 6.07) is 10.8. The molecule has 1 saturated heterocycles. The molecule has 4 rings (SSSR count). The minimum Gasteiger partial charge on any atom is -0.493 e. The second-order valence-corrected chi connectivity index (χ2v) is 8.91. The van der Waals surface area contributed by atoms with E-state index in [0.717, 1.165) is 42.4 Å². The van der Waals surface area contributed by atoms with Crippen LogP contribution >= 0.6 is 0 Å². The quantitative estimate of drug-likeness (QED) is 0.340. The van der Waals surface area contributed by atoms with Gasteiger partial charge < -0.3 is 9.47 Å². The van der Waals surface area contributed by atoms with Gasteiger partial charge >= 0.3 is 6.03 Å². The Morgan fingerprint density at radius 3 is 2.60 bits per heavy atom. The van der Waals surface area contributed by atoms with Gasteiger partial charge in [-0.05, 0) is 55.5 Å². The van der Waals surface area contributed by atoms with Gasteiger partial charge in [0, 0.05) is 11.6 Å². The van der Waals surface area contributed by atoms with E-state index in [-0.39, 0.29) is 11.6 Å². The van der Waals surface area contributed by atoms with Crippen molar-refractivity contribution in [1.29, 1.82) is 0 Å². The molecule has 35 heavy (non-hydrogen) atoms. The molecule has 1 aliphatic heterocycles. The van der Waals surface area contributed by atoms with Crippen molar-refractivity contribution in [3.63, 3.8) is 0 Å². The summed E-state index contributed by atoms with van der Waals surface area (Å²) < 4.78 is 11.8. The lowest BCUT2D eigenvalue weighted by molar-refractivity contribution is -0.131. The Labute approximate surface area is 205 Å². The number of benzene rings is 2. The number of nitrogens with zero attached hydrogens (tertiary/aromatic N) is 1. The van der Waals surface area contributed by atoms with Crippen LogP contribution in [-0.2, 0) is 22.6 Å². The van der Waals surface area contributed by atoms with Crippen LogP contribution in [-0.4, -0.2) is 35.9 Å². The molecule has 0 radical (unpaired) electrons. The van der Waals surface area contributed by atoms with E-state index in [1.54, 1.807) is 19.3 Å². The number of carbonyl (C=O) groups is 3. The van der Waals surface area contributed by atoms with Gasteiger partial charge in [0.05, 0.1) is 7.11 Å². The van der Waals surface area contributed by atoms with E-state index >= 15 is 0 Å². The van der Waals surface area contributed by atoms with Crippen LogP contribution in [0.1, 0.15) is 47.9 Å². The van der Waals surface area contributed by atoms with Gasteiger partial charge in [-0.1, -0.05) is 48.7 Å². The molecule has 1 aliphatic carbocycles. The fourth-order valence-corrected chi connectivity index (χ4v) is 4.68. The van der Waals surface area contributed by atoms with Crippen molar-refractivity contribution in [2.24, 2.45) is 0 Å². The van der Waals surface area contributed by atoms with Crippen LogP contribution in [0.25, 0.3) is 6.08 Å². The summed E-state index contributed by atoms with van der Waals surface area (Å²) in [7, 11) is 1.54. The van der Waals surface area contributed by atoms with E-state index in [1.807, 2.05) is 31.2 Å². The van der Waals surface area contributed by atoms with Crippen LogP contribution in [0.2, 0.25) is 0 Å². The molecule has 7 nitrogen and oxygen atoms in total. The summed E-state index contributed by atoms with van der Waals surface area (Å²) in [5, 5.41) is 2.32. The third-order valence-electron chi connectivity index (χ3n) is 6.34. The summed E-state index contributed by atoms with van der Waals surface area (Å²) >= 11 is 0. The number of hydrogen-bond donors (Lipinski definition) is 1. The van der Waals surface area contributed by atoms with Gasteiger partial charge in [-0.2, -0.15) is 0 Å². The molecule has 0 atom stereocenters. The van der Waals surface area contributed by atoms with Crippen molar-refractivity contribution < 1.29 is 23.9 Å². The van der Waals surface area contributed by atoms with Crippen LogP contribution in [0.3, 0.4) is 0 Å². The van der Waals surface area contributed by atoms with Crippen LogP contribution in [0, 0.1) is 6.92 Å². The van der Waals surface area contributed by atoms with E-state index < -0.39 is 17.8 Å². The third-order valence-corrected chi connectivity index (χ3v) is 6.34. The van der Waals surface area contributed by atoms with Gasteiger partial charge in [-0.15, -0.1) is 6.58 Å². The lowest BCUT2D eigenvalue weighted by Gasteiger charge is -2.31. The van der Waals surface area contributed by atoms with Crippen molar-refractivity contribution in [3.05, 3.63) is 76.9 Å². The molecule has 2 fully saturated rings. The molecule has 1 heterocycles. The second-order valence-electron chi connectivity index (χ2n) is 8.91. The number of allylic oxidation sites excluding steroid dienone is 1. The zero-order chi connectivity index (χ0) is 24.9. The van der Waals surface area contributed by atoms with Crippen molar-refractivity contribution >= 4 is 23.9 Å². The lowest BCUT2D eigenvalue weighted by atomic mass is 10.0. The molecule has 1 N–H and O–H groups in total. The average molecular weight is 475 g/mol. The molecule has 0 bridgehead atoms. The van der Waals surface area contributed by atoms with Gasteiger partial charge in [-0.25, -0.2) is 4.79 Å². The summed E-state index contributed by atoms with van der Waals surface area (Å²) in [6.45, 7) is 6.23. The average Bonchev–Trinajstić information content (AvgIpc) is 3.35. The Balaban J connectivity index is 1.66. The van der Waals surface area contributed by atoms with Crippen molar-refractivity contribution in [1.82, 2.24) is 10.2 Å². The Hall–Kier alpha value is -3.87. The number of urea groups is 1. The number of hydrogen-bond acceptors (Lipinski definition) is 5. The van der Waals surface area contributed by atoms with Gasteiger partial charge in [0.1, 0.15) is 12.2 Å². The molecule has 1 saturated carbocycles. The maximum atomic E-state index is 13.2. The zero-order valence-corrected chi connectivity index (χ0v) is 20.1. The molecule has 2 aliphatic rings. The number of rotatable bonds is 8. The predicted octanol–water partition coefficient (Wildman–Crippen LogP) is 4.72.